The van der Waals surface area contributed by atoms with E-state index in [0.29, 0.717) is 62.3 Å². The highest BCUT2D eigenvalue weighted by molar-refractivity contribution is 5.81. The Bertz CT molecular complexity index is 1070. The molecular formula is C23H27N7O3. The lowest BCUT2D eigenvalue weighted by Crippen LogP contribution is -2.37. The van der Waals surface area contributed by atoms with E-state index in [2.05, 4.69) is 35.7 Å². The van der Waals surface area contributed by atoms with Crippen LogP contribution < -0.4 is 25.1 Å². The predicted molar refractivity (Wildman–Crippen MR) is 128 cm³/mol. The van der Waals surface area contributed by atoms with E-state index in [-0.39, 0.29) is 0 Å². The summed E-state index contributed by atoms with van der Waals surface area (Å²) in [5, 5.41) is 7.53. The number of anilines is 4. The fourth-order valence-electron chi connectivity index (χ4n) is 3.23. The second-order valence-electron chi connectivity index (χ2n) is 7.09. The van der Waals surface area contributed by atoms with Crippen LogP contribution in [0, 0.1) is 0 Å². The molecule has 0 spiro atoms. The number of hydrazone groups is 1. The number of benzene rings is 2. The van der Waals surface area contributed by atoms with Gasteiger partial charge in [-0.05, 0) is 42.8 Å². The van der Waals surface area contributed by atoms with Crippen molar-refractivity contribution in [2.45, 2.75) is 6.92 Å². The van der Waals surface area contributed by atoms with Crippen LogP contribution >= 0.6 is 0 Å². The van der Waals surface area contributed by atoms with Crippen LogP contribution in [0.15, 0.2) is 53.6 Å². The van der Waals surface area contributed by atoms with Gasteiger partial charge in [-0.15, -0.1) is 0 Å². The third kappa shape index (κ3) is 6.07. The van der Waals surface area contributed by atoms with Crippen molar-refractivity contribution in [1.82, 2.24) is 15.0 Å². The minimum Gasteiger partial charge on any atom is -0.493 e. The van der Waals surface area contributed by atoms with E-state index in [9.17, 15) is 0 Å². The molecule has 10 nitrogen and oxygen atoms in total. The largest absolute Gasteiger partial charge is 0.493 e. The lowest BCUT2D eigenvalue weighted by Gasteiger charge is -2.27. The van der Waals surface area contributed by atoms with Gasteiger partial charge in [0.15, 0.2) is 11.5 Å². The molecule has 1 aliphatic rings. The van der Waals surface area contributed by atoms with E-state index < -0.39 is 0 Å². The number of aromatic nitrogens is 3. The summed E-state index contributed by atoms with van der Waals surface area (Å²) in [7, 11) is 1.61. The molecule has 0 saturated carbocycles. The topological polar surface area (TPSA) is 106 Å². The van der Waals surface area contributed by atoms with Crippen molar-refractivity contribution in [3.8, 4) is 11.5 Å². The minimum absolute atomic E-state index is 0.333. The number of hydrogen-bond donors (Lipinski definition) is 2. The number of nitrogens with zero attached hydrogens (tertiary/aromatic N) is 5. The summed E-state index contributed by atoms with van der Waals surface area (Å²) in [5.74, 6) is 2.66. The van der Waals surface area contributed by atoms with Gasteiger partial charge in [-0.3, -0.25) is 0 Å². The molecule has 0 atom stereocenters. The van der Waals surface area contributed by atoms with E-state index >= 15 is 0 Å². The summed E-state index contributed by atoms with van der Waals surface area (Å²) in [4.78, 5) is 15.7. The number of nitrogens with one attached hydrogen (secondary N) is 2. The molecule has 3 aromatic rings. The van der Waals surface area contributed by atoms with Crippen molar-refractivity contribution in [3.05, 3.63) is 54.1 Å². The van der Waals surface area contributed by atoms with E-state index in [0.717, 1.165) is 11.3 Å². The number of morpholine rings is 1. The summed E-state index contributed by atoms with van der Waals surface area (Å²) in [6, 6.07) is 15.3. The normalized spacial score (nSPS) is 13.7. The highest BCUT2D eigenvalue weighted by Crippen LogP contribution is 2.27. The standard InChI is InChI=1S/C23H27N7O3/c1-3-33-20-15-17(9-10-19(20)31-2)16-24-29-22-26-21(25-18-7-5-4-6-8-18)27-23(28-22)30-11-13-32-14-12-30/h4-10,15-16H,3,11-14H2,1-2H3,(H2,25,26,27,28,29)/b24-16-. The highest BCUT2D eigenvalue weighted by Gasteiger charge is 2.16. The maximum Gasteiger partial charge on any atom is 0.250 e. The van der Waals surface area contributed by atoms with Crippen LogP contribution in [0.25, 0.3) is 0 Å². The van der Waals surface area contributed by atoms with E-state index in [1.165, 1.54) is 0 Å². The fourth-order valence-corrected chi connectivity index (χ4v) is 3.23. The predicted octanol–water partition coefficient (Wildman–Crippen LogP) is 3.31. The van der Waals surface area contributed by atoms with Crippen LogP contribution in [-0.4, -0.2) is 61.2 Å². The zero-order chi connectivity index (χ0) is 22.9. The molecule has 4 rings (SSSR count). The molecule has 0 amide bonds. The molecule has 2 aromatic carbocycles. The molecule has 1 saturated heterocycles. The Labute approximate surface area is 192 Å². The van der Waals surface area contributed by atoms with Gasteiger partial charge in [0, 0.05) is 18.8 Å². The molecule has 1 fully saturated rings. The summed E-state index contributed by atoms with van der Waals surface area (Å²) in [6.45, 7) is 5.16. The number of para-hydroxylation sites is 1. The van der Waals surface area contributed by atoms with E-state index in [1.54, 1.807) is 13.3 Å². The number of rotatable bonds is 9. The molecule has 0 radical (unpaired) electrons. The molecule has 0 aliphatic carbocycles. The van der Waals surface area contributed by atoms with Crippen molar-refractivity contribution < 1.29 is 14.2 Å². The van der Waals surface area contributed by atoms with Gasteiger partial charge >= 0.3 is 0 Å². The van der Waals surface area contributed by atoms with Crippen LogP contribution in [0.1, 0.15) is 12.5 Å². The number of ether oxygens (including phenoxy) is 3. The summed E-state index contributed by atoms with van der Waals surface area (Å²) in [6.07, 6.45) is 1.67. The van der Waals surface area contributed by atoms with Crippen molar-refractivity contribution in [3.63, 3.8) is 0 Å². The van der Waals surface area contributed by atoms with Gasteiger partial charge < -0.3 is 24.4 Å². The Morgan fingerprint density at radius 1 is 1.03 bits per heavy atom. The van der Waals surface area contributed by atoms with Gasteiger partial charge in [0.25, 0.3) is 0 Å². The first-order chi connectivity index (χ1) is 16.2. The van der Waals surface area contributed by atoms with Gasteiger partial charge in [-0.1, -0.05) is 18.2 Å². The first-order valence-electron chi connectivity index (χ1n) is 10.8. The average Bonchev–Trinajstić information content (AvgIpc) is 2.85. The monoisotopic (exact) mass is 449 g/mol. The summed E-state index contributed by atoms with van der Waals surface area (Å²) < 4.78 is 16.4. The van der Waals surface area contributed by atoms with Crippen LogP contribution in [0.4, 0.5) is 23.5 Å². The third-order valence-electron chi connectivity index (χ3n) is 4.81. The zero-order valence-electron chi connectivity index (χ0n) is 18.7. The van der Waals surface area contributed by atoms with Gasteiger partial charge in [-0.25, -0.2) is 5.43 Å². The first kappa shape index (κ1) is 22.3. The molecule has 0 unspecified atom stereocenters. The van der Waals surface area contributed by atoms with E-state index in [4.69, 9.17) is 14.2 Å². The van der Waals surface area contributed by atoms with Crippen LogP contribution in [-0.2, 0) is 4.74 Å². The van der Waals surface area contributed by atoms with Gasteiger partial charge in [0.2, 0.25) is 17.8 Å². The van der Waals surface area contributed by atoms with Crippen molar-refractivity contribution in [1.29, 1.82) is 0 Å². The second kappa shape index (κ2) is 11.1. The quantitative estimate of drug-likeness (QED) is 0.376. The second-order valence-corrected chi connectivity index (χ2v) is 7.09. The Morgan fingerprint density at radius 2 is 1.82 bits per heavy atom. The maximum absolute atomic E-state index is 5.62. The first-order valence-corrected chi connectivity index (χ1v) is 10.8. The average molecular weight is 450 g/mol. The molecule has 33 heavy (non-hydrogen) atoms. The third-order valence-corrected chi connectivity index (χ3v) is 4.81. The van der Waals surface area contributed by atoms with Crippen LogP contribution in [0.5, 0.6) is 11.5 Å². The zero-order valence-corrected chi connectivity index (χ0v) is 18.7. The van der Waals surface area contributed by atoms with Gasteiger partial charge in [-0.2, -0.15) is 20.1 Å². The Hall–Kier alpha value is -3.92. The van der Waals surface area contributed by atoms with Crippen LogP contribution in [0.3, 0.4) is 0 Å². The lowest BCUT2D eigenvalue weighted by molar-refractivity contribution is 0.122. The van der Waals surface area contributed by atoms with Crippen molar-refractivity contribution >= 4 is 29.7 Å². The van der Waals surface area contributed by atoms with Crippen molar-refractivity contribution in [2.75, 3.05) is 55.7 Å². The van der Waals surface area contributed by atoms with Gasteiger partial charge in [0.1, 0.15) is 0 Å². The molecular weight excluding hydrogens is 422 g/mol. The summed E-state index contributed by atoms with van der Waals surface area (Å²) in [5.41, 5.74) is 4.64. The molecule has 10 heteroatoms. The Kier molecular flexibility index (Phi) is 7.49. The van der Waals surface area contributed by atoms with Crippen molar-refractivity contribution in [2.24, 2.45) is 5.10 Å². The molecule has 172 valence electrons. The highest BCUT2D eigenvalue weighted by atomic mass is 16.5. The molecule has 1 aliphatic heterocycles. The molecule has 1 aromatic heterocycles. The molecule has 2 N–H and O–H groups in total. The maximum atomic E-state index is 5.62. The van der Waals surface area contributed by atoms with E-state index in [1.807, 2.05) is 55.5 Å². The molecule has 0 bridgehead atoms. The number of hydrogen-bond acceptors (Lipinski definition) is 10. The Morgan fingerprint density at radius 3 is 2.58 bits per heavy atom. The number of methoxy groups -OCH3 is 1. The van der Waals surface area contributed by atoms with Crippen LogP contribution in [0.2, 0.25) is 0 Å². The Balaban J connectivity index is 1.54. The SMILES string of the molecule is CCOc1cc(/C=N\Nc2nc(Nc3ccccc3)nc(N3CCOCC3)n2)ccc1OC. The fraction of sp³-hybridized carbons (Fsp3) is 0.304. The summed E-state index contributed by atoms with van der Waals surface area (Å²) >= 11 is 0. The lowest BCUT2D eigenvalue weighted by atomic mass is 10.2. The van der Waals surface area contributed by atoms with Gasteiger partial charge in [0.05, 0.1) is 33.1 Å². The smallest absolute Gasteiger partial charge is 0.250 e. The minimum atomic E-state index is 0.333. The molecule has 2 heterocycles.